The second kappa shape index (κ2) is 10.2. The molecule has 3 aromatic rings. The monoisotopic (exact) mass is 689 g/mol. The molecule has 1 amide bonds. The number of thioether (sulfide) groups is 1. The summed E-state index contributed by atoms with van der Waals surface area (Å²) < 4.78 is 8.54. The van der Waals surface area contributed by atoms with Crippen molar-refractivity contribution in [2.24, 2.45) is 0 Å². The SMILES string of the molecule is O=C1/C(=C\c2cc(I)c(OCc3ccc(Cl)cc3)c(I)c2)SC(=S)N1c1ccccc1. The van der Waals surface area contributed by atoms with Gasteiger partial charge in [0, 0.05) is 5.02 Å². The number of nitrogens with zero attached hydrogens (tertiary/aromatic N) is 1. The van der Waals surface area contributed by atoms with Gasteiger partial charge in [0.2, 0.25) is 0 Å². The lowest BCUT2D eigenvalue weighted by Crippen LogP contribution is -2.27. The molecular formula is C23H14ClI2NO2S2. The number of thiocarbonyl (C=S) groups is 1. The quantitative estimate of drug-likeness (QED) is 0.158. The number of hydrogen-bond donors (Lipinski definition) is 0. The lowest BCUT2D eigenvalue weighted by Gasteiger charge is -2.14. The molecule has 0 saturated carbocycles. The van der Waals surface area contributed by atoms with E-state index in [0.29, 0.717) is 20.9 Å². The lowest BCUT2D eigenvalue weighted by atomic mass is 10.2. The van der Waals surface area contributed by atoms with Gasteiger partial charge in [0.25, 0.3) is 5.91 Å². The standard InChI is InChI=1S/C23H14ClI2NO2S2/c24-16-8-6-14(7-9-16)13-29-21-18(25)10-15(11-19(21)26)12-20-22(28)27(23(30)31-20)17-4-2-1-3-5-17/h1-12H,13H2/b20-12+. The molecule has 4 rings (SSSR count). The highest BCUT2D eigenvalue weighted by atomic mass is 127. The second-order valence-electron chi connectivity index (χ2n) is 6.58. The summed E-state index contributed by atoms with van der Waals surface area (Å²) in [7, 11) is 0. The van der Waals surface area contributed by atoms with Gasteiger partial charge in [-0.3, -0.25) is 9.69 Å². The molecule has 1 saturated heterocycles. The highest BCUT2D eigenvalue weighted by Crippen LogP contribution is 2.37. The number of carbonyl (C=O) groups excluding carboxylic acids is 1. The minimum atomic E-state index is -0.103. The molecule has 1 aliphatic rings. The zero-order valence-electron chi connectivity index (χ0n) is 15.8. The molecule has 1 aliphatic heterocycles. The van der Waals surface area contributed by atoms with Crippen molar-refractivity contribution >= 4 is 103 Å². The Morgan fingerprint density at radius 1 is 1.03 bits per heavy atom. The lowest BCUT2D eigenvalue weighted by molar-refractivity contribution is -0.113. The zero-order chi connectivity index (χ0) is 22.0. The molecule has 0 spiro atoms. The van der Waals surface area contributed by atoms with Gasteiger partial charge in [-0.1, -0.05) is 65.9 Å². The minimum absolute atomic E-state index is 0.103. The van der Waals surface area contributed by atoms with Crippen molar-refractivity contribution in [3.8, 4) is 5.75 Å². The molecule has 0 atom stereocenters. The molecule has 8 heteroatoms. The van der Waals surface area contributed by atoms with Gasteiger partial charge in [-0.25, -0.2) is 0 Å². The Hall–Kier alpha value is -1.14. The first-order valence-corrected chi connectivity index (χ1v) is 12.9. The Kier molecular flexibility index (Phi) is 7.58. The van der Waals surface area contributed by atoms with Gasteiger partial charge in [-0.15, -0.1) is 0 Å². The van der Waals surface area contributed by atoms with Gasteiger partial charge < -0.3 is 4.74 Å². The molecule has 0 aliphatic carbocycles. The Morgan fingerprint density at radius 3 is 2.32 bits per heavy atom. The Balaban J connectivity index is 1.54. The summed E-state index contributed by atoms with van der Waals surface area (Å²) in [5.41, 5.74) is 2.76. The van der Waals surface area contributed by atoms with Crippen molar-refractivity contribution in [1.82, 2.24) is 0 Å². The van der Waals surface area contributed by atoms with Crippen LogP contribution in [0.4, 0.5) is 5.69 Å². The second-order valence-corrected chi connectivity index (χ2v) is 11.0. The molecular weight excluding hydrogens is 676 g/mol. The number of rotatable bonds is 5. The van der Waals surface area contributed by atoms with Crippen LogP contribution in [-0.2, 0) is 11.4 Å². The van der Waals surface area contributed by atoms with Crippen molar-refractivity contribution < 1.29 is 9.53 Å². The van der Waals surface area contributed by atoms with Gasteiger partial charge in [-0.05, 0) is 98.8 Å². The van der Waals surface area contributed by atoms with Gasteiger partial charge in [0.15, 0.2) is 4.32 Å². The topological polar surface area (TPSA) is 29.5 Å². The van der Waals surface area contributed by atoms with E-state index >= 15 is 0 Å². The van der Waals surface area contributed by atoms with E-state index in [1.54, 1.807) is 4.90 Å². The summed E-state index contributed by atoms with van der Waals surface area (Å²) in [5.74, 6) is 0.722. The maximum atomic E-state index is 13.0. The Bertz CT molecular complexity index is 1160. The predicted octanol–water partition coefficient (Wildman–Crippen LogP) is 7.53. The Morgan fingerprint density at radius 2 is 1.68 bits per heavy atom. The summed E-state index contributed by atoms with van der Waals surface area (Å²) in [5, 5.41) is 0.704. The number of ether oxygens (including phenoxy) is 1. The van der Waals surface area contributed by atoms with E-state index in [9.17, 15) is 4.79 Å². The first-order chi connectivity index (χ1) is 14.9. The van der Waals surface area contributed by atoms with Gasteiger partial charge in [0.1, 0.15) is 12.4 Å². The van der Waals surface area contributed by atoms with E-state index in [1.165, 1.54) is 11.8 Å². The van der Waals surface area contributed by atoms with E-state index in [0.717, 1.165) is 29.7 Å². The normalized spacial score (nSPS) is 15.1. The summed E-state index contributed by atoms with van der Waals surface area (Å²) in [6, 6.07) is 21.1. The summed E-state index contributed by atoms with van der Waals surface area (Å²) in [6.07, 6.45) is 1.88. The van der Waals surface area contributed by atoms with Crippen LogP contribution in [0.25, 0.3) is 6.08 Å². The third kappa shape index (κ3) is 5.44. The average Bonchev–Trinajstić information content (AvgIpc) is 3.02. The molecule has 1 fully saturated rings. The van der Waals surface area contributed by atoms with E-state index in [-0.39, 0.29) is 5.91 Å². The number of benzene rings is 3. The third-order valence-electron chi connectivity index (χ3n) is 4.42. The van der Waals surface area contributed by atoms with Crippen LogP contribution in [0.1, 0.15) is 11.1 Å². The van der Waals surface area contributed by atoms with Crippen LogP contribution in [-0.4, -0.2) is 10.2 Å². The highest BCUT2D eigenvalue weighted by Gasteiger charge is 2.33. The fourth-order valence-corrected chi connectivity index (χ4v) is 6.51. The minimum Gasteiger partial charge on any atom is -0.487 e. The van der Waals surface area contributed by atoms with E-state index < -0.39 is 0 Å². The van der Waals surface area contributed by atoms with Gasteiger partial charge in [-0.2, -0.15) is 0 Å². The molecule has 31 heavy (non-hydrogen) atoms. The van der Waals surface area contributed by atoms with Crippen molar-refractivity contribution in [1.29, 1.82) is 0 Å². The van der Waals surface area contributed by atoms with Crippen molar-refractivity contribution in [2.75, 3.05) is 4.90 Å². The largest absolute Gasteiger partial charge is 0.487 e. The number of hydrogen-bond acceptors (Lipinski definition) is 4. The number of carbonyl (C=O) groups is 1. The molecule has 3 nitrogen and oxygen atoms in total. The van der Waals surface area contributed by atoms with Crippen molar-refractivity contribution in [2.45, 2.75) is 6.61 Å². The van der Waals surface area contributed by atoms with E-state index in [4.69, 9.17) is 28.6 Å². The van der Waals surface area contributed by atoms with Gasteiger partial charge >= 0.3 is 0 Å². The molecule has 0 N–H and O–H groups in total. The van der Waals surface area contributed by atoms with Crippen LogP contribution in [0.15, 0.2) is 71.6 Å². The van der Waals surface area contributed by atoms with Crippen LogP contribution in [0.3, 0.4) is 0 Å². The van der Waals surface area contributed by atoms with Crippen LogP contribution in [0.2, 0.25) is 5.02 Å². The molecule has 0 aromatic heterocycles. The molecule has 156 valence electrons. The number of anilines is 1. The first kappa shape index (κ1) is 23.0. The summed E-state index contributed by atoms with van der Waals surface area (Å²) >= 11 is 17.2. The van der Waals surface area contributed by atoms with E-state index in [1.807, 2.05) is 72.8 Å². The van der Waals surface area contributed by atoms with Crippen LogP contribution in [0, 0.1) is 7.14 Å². The van der Waals surface area contributed by atoms with Crippen LogP contribution >= 0.6 is 80.8 Å². The predicted molar refractivity (Wildman–Crippen MR) is 150 cm³/mol. The maximum absolute atomic E-state index is 13.0. The number of amides is 1. The molecule has 0 bridgehead atoms. The van der Waals surface area contributed by atoms with Crippen LogP contribution < -0.4 is 9.64 Å². The van der Waals surface area contributed by atoms with Crippen molar-refractivity contribution in [3.63, 3.8) is 0 Å². The molecule has 0 unspecified atom stereocenters. The number of para-hydroxylation sites is 1. The fourth-order valence-electron chi connectivity index (χ4n) is 2.96. The van der Waals surface area contributed by atoms with E-state index in [2.05, 4.69) is 45.2 Å². The number of halogens is 3. The zero-order valence-corrected chi connectivity index (χ0v) is 22.6. The molecule has 0 radical (unpaired) electrons. The highest BCUT2D eigenvalue weighted by molar-refractivity contribution is 14.1. The Labute approximate surface area is 222 Å². The smallest absolute Gasteiger partial charge is 0.270 e. The summed E-state index contributed by atoms with van der Waals surface area (Å²) in [4.78, 5) is 15.1. The molecule has 3 aromatic carbocycles. The third-order valence-corrected chi connectivity index (χ3v) is 7.58. The average molecular weight is 690 g/mol. The first-order valence-electron chi connectivity index (χ1n) is 9.11. The fraction of sp³-hybridized carbons (Fsp3) is 0.0435. The summed E-state index contributed by atoms with van der Waals surface area (Å²) in [6.45, 7) is 0.457. The van der Waals surface area contributed by atoms with Crippen molar-refractivity contribution in [3.05, 3.63) is 94.9 Å². The van der Waals surface area contributed by atoms with Crippen LogP contribution in [0.5, 0.6) is 5.75 Å². The maximum Gasteiger partial charge on any atom is 0.270 e. The van der Waals surface area contributed by atoms with Gasteiger partial charge in [0.05, 0.1) is 17.7 Å². The molecule has 1 heterocycles.